The van der Waals surface area contributed by atoms with E-state index in [4.69, 9.17) is 0 Å². The quantitative estimate of drug-likeness (QED) is 0.660. The summed E-state index contributed by atoms with van der Waals surface area (Å²) in [6.07, 6.45) is 10.7. The highest BCUT2D eigenvalue weighted by Crippen LogP contribution is 2.62. The second-order valence-electron chi connectivity index (χ2n) is 7.75. The smallest absolute Gasteiger partial charge is 0.0442 e. The van der Waals surface area contributed by atoms with Crippen molar-refractivity contribution in [3.63, 3.8) is 0 Å². The Morgan fingerprint density at radius 3 is 2.46 bits per heavy atom. The molecule has 2 aliphatic rings. The number of hydrogen-bond donors (Lipinski definition) is 2. The largest absolute Gasteiger partial charge is 0.382 e. The molecule has 0 aromatic rings. The van der Waals surface area contributed by atoms with Crippen molar-refractivity contribution in [1.29, 1.82) is 0 Å². The topological polar surface area (TPSA) is 24.1 Å². The molecule has 132 valence electrons. The van der Waals surface area contributed by atoms with Gasteiger partial charge in [0.1, 0.15) is 0 Å². The maximum Gasteiger partial charge on any atom is 0.0442 e. The first-order valence-corrected chi connectivity index (χ1v) is 9.12. The van der Waals surface area contributed by atoms with Gasteiger partial charge < -0.3 is 10.6 Å². The molecule has 1 aliphatic heterocycles. The summed E-state index contributed by atoms with van der Waals surface area (Å²) in [6, 6.07) is 0.319. The van der Waals surface area contributed by atoms with Gasteiger partial charge in [-0.2, -0.15) is 0 Å². The van der Waals surface area contributed by atoms with Gasteiger partial charge in [-0.1, -0.05) is 49.5 Å². The van der Waals surface area contributed by atoms with Crippen molar-refractivity contribution in [3.8, 4) is 0 Å². The minimum atomic E-state index is 0.319. The average molecular weight is 327 g/mol. The molecule has 1 heterocycles. The molecule has 0 aromatic carbocycles. The van der Waals surface area contributed by atoms with Gasteiger partial charge in [0.05, 0.1) is 0 Å². The van der Waals surface area contributed by atoms with E-state index in [1.165, 1.54) is 22.4 Å². The first kappa shape index (κ1) is 18.8. The Morgan fingerprint density at radius 1 is 1.21 bits per heavy atom. The summed E-state index contributed by atoms with van der Waals surface area (Å²) < 4.78 is 0. The number of hydrogen-bond acceptors (Lipinski definition) is 2. The fourth-order valence-electron chi connectivity index (χ4n) is 3.78. The lowest BCUT2D eigenvalue weighted by molar-refractivity contribution is 0.502. The number of nitrogens with one attached hydrogen (secondary N) is 2. The summed E-state index contributed by atoms with van der Waals surface area (Å²) in [7, 11) is 0. The van der Waals surface area contributed by atoms with Crippen LogP contribution in [0, 0.1) is 17.3 Å². The Morgan fingerprint density at radius 2 is 1.88 bits per heavy atom. The summed E-state index contributed by atoms with van der Waals surface area (Å²) in [5.74, 6) is 1.41. The van der Waals surface area contributed by atoms with Crippen molar-refractivity contribution in [2.24, 2.45) is 17.3 Å². The maximum absolute atomic E-state index is 4.33. The molecule has 2 rings (SSSR count). The van der Waals surface area contributed by atoms with Crippen LogP contribution in [0.15, 0.2) is 59.4 Å². The molecule has 0 amide bonds. The van der Waals surface area contributed by atoms with Crippen molar-refractivity contribution < 1.29 is 0 Å². The third kappa shape index (κ3) is 3.92. The molecule has 2 N–H and O–H groups in total. The van der Waals surface area contributed by atoms with E-state index in [2.05, 4.69) is 82.2 Å². The maximum atomic E-state index is 4.33. The molecule has 1 saturated carbocycles. The van der Waals surface area contributed by atoms with E-state index >= 15 is 0 Å². The van der Waals surface area contributed by atoms with Gasteiger partial charge in [0.2, 0.25) is 0 Å². The highest BCUT2D eigenvalue weighted by molar-refractivity contribution is 5.34. The lowest BCUT2D eigenvalue weighted by Crippen LogP contribution is -2.30. The van der Waals surface area contributed by atoms with Crippen LogP contribution in [-0.4, -0.2) is 19.1 Å². The normalized spacial score (nSPS) is 32.0. The SMILES string of the molecule is C=C(NC(C)/C(C)=C/C=C(C)/C(C)=C\C=C/C)C1C2CNCC21C. The summed E-state index contributed by atoms with van der Waals surface area (Å²) in [5.41, 5.74) is 5.59. The standard InChI is InChI=1S/C22H34N2/c1-8-9-10-15(2)16(3)11-12-17(4)18(5)24-19(6)21-20-13-23-14-22(20,21)7/h8-12,18,20-21,23-24H,6,13-14H2,1-5,7H3/b9-8-,15-10-,16-11+,17-12+. The Kier molecular flexibility index (Phi) is 5.92. The molecule has 0 aromatic heterocycles. The number of fused-ring (bicyclic) bond motifs is 1. The Balaban J connectivity index is 1.92. The van der Waals surface area contributed by atoms with E-state index in [-0.39, 0.29) is 0 Å². The van der Waals surface area contributed by atoms with Gasteiger partial charge in [-0.25, -0.2) is 0 Å². The third-order valence-electron chi connectivity index (χ3n) is 5.94. The lowest BCUT2D eigenvalue weighted by Gasteiger charge is -2.20. The molecular formula is C22H34N2. The summed E-state index contributed by atoms with van der Waals surface area (Å²) in [4.78, 5) is 0. The van der Waals surface area contributed by atoms with Crippen LogP contribution in [0.2, 0.25) is 0 Å². The monoisotopic (exact) mass is 326 g/mol. The Hall–Kier alpha value is -1.54. The fraction of sp³-hybridized carbons (Fsp3) is 0.545. The van der Waals surface area contributed by atoms with Crippen molar-refractivity contribution in [1.82, 2.24) is 10.6 Å². The zero-order chi connectivity index (χ0) is 17.9. The summed E-state index contributed by atoms with van der Waals surface area (Å²) in [6.45, 7) is 19.8. The van der Waals surface area contributed by atoms with E-state index in [9.17, 15) is 0 Å². The highest BCUT2D eigenvalue weighted by Gasteiger charge is 2.64. The highest BCUT2D eigenvalue weighted by atomic mass is 15.0. The summed E-state index contributed by atoms with van der Waals surface area (Å²) >= 11 is 0. The Labute approximate surface area is 148 Å². The first-order valence-electron chi connectivity index (χ1n) is 9.12. The molecule has 4 unspecified atom stereocenters. The number of rotatable bonds is 7. The van der Waals surface area contributed by atoms with E-state index in [1.54, 1.807) is 0 Å². The van der Waals surface area contributed by atoms with Gasteiger partial charge >= 0.3 is 0 Å². The Bertz CT molecular complexity index is 605. The summed E-state index contributed by atoms with van der Waals surface area (Å²) in [5, 5.41) is 7.12. The van der Waals surface area contributed by atoms with Crippen LogP contribution in [0.3, 0.4) is 0 Å². The first-order chi connectivity index (χ1) is 11.3. The van der Waals surface area contributed by atoms with Crippen molar-refractivity contribution in [3.05, 3.63) is 59.4 Å². The predicted octanol–water partition coefficient (Wildman–Crippen LogP) is 4.75. The van der Waals surface area contributed by atoms with Crippen LogP contribution in [0.1, 0.15) is 41.5 Å². The van der Waals surface area contributed by atoms with Gasteiger partial charge in [0.15, 0.2) is 0 Å². The van der Waals surface area contributed by atoms with Crippen molar-refractivity contribution in [2.75, 3.05) is 13.1 Å². The van der Waals surface area contributed by atoms with Crippen LogP contribution in [0.25, 0.3) is 0 Å². The lowest BCUT2D eigenvalue weighted by atomic mass is 10.0. The van der Waals surface area contributed by atoms with E-state index in [0.29, 0.717) is 17.4 Å². The molecule has 1 saturated heterocycles. The average Bonchev–Trinajstić information content (AvgIpc) is 2.94. The van der Waals surface area contributed by atoms with Crippen LogP contribution < -0.4 is 10.6 Å². The van der Waals surface area contributed by atoms with Crippen molar-refractivity contribution >= 4 is 0 Å². The van der Waals surface area contributed by atoms with E-state index < -0.39 is 0 Å². The third-order valence-corrected chi connectivity index (χ3v) is 5.94. The molecule has 24 heavy (non-hydrogen) atoms. The minimum absolute atomic E-state index is 0.319. The fourth-order valence-corrected chi connectivity index (χ4v) is 3.78. The predicted molar refractivity (Wildman–Crippen MR) is 106 cm³/mol. The molecule has 0 radical (unpaired) electrons. The zero-order valence-electron chi connectivity index (χ0n) is 16.2. The van der Waals surface area contributed by atoms with Gasteiger partial charge in [-0.15, -0.1) is 0 Å². The van der Waals surface area contributed by atoms with E-state index in [0.717, 1.165) is 19.0 Å². The van der Waals surface area contributed by atoms with Crippen LogP contribution in [0.4, 0.5) is 0 Å². The molecule has 2 nitrogen and oxygen atoms in total. The van der Waals surface area contributed by atoms with Crippen LogP contribution in [-0.2, 0) is 0 Å². The molecule has 4 atom stereocenters. The van der Waals surface area contributed by atoms with Gasteiger partial charge in [0, 0.05) is 24.2 Å². The van der Waals surface area contributed by atoms with E-state index in [1.807, 2.05) is 6.92 Å². The zero-order valence-corrected chi connectivity index (χ0v) is 16.2. The van der Waals surface area contributed by atoms with Gasteiger partial charge in [-0.05, 0) is 63.6 Å². The molecule has 1 aliphatic carbocycles. The minimum Gasteiger partial charge on any atom is -0.382 e. The second-order valence-corrected chi connectivity index (χ2v) is 7.75. The van der Waals surface area contributed by atoms with Crippen molar-refractivity contribution in [2.45, 2.75) is 47.6 Å². The second kappa shape index (κ2) is 7.57. The van der Waals surface area contributed by atoms with Gasteiger partial charge in [-0.3, -0.25) is 0 Å². The molecule has 0 spiro atoms. The number of allylic oxidation sites excluding steroid dienone is 8. The molecular weight excluding hydrogens is 292 g/mol. The number of piperidine rings is 1. The van der Waals surface area contributed by atoms with Crippen LogP contribution in [0.5, 0.6) is 0 Å². The van der Waals surface area contributed by atoms with Gasteiger partial charge in [0.25, 0.3) is 0 Å². The molecule has 0 bridgehead atoms. The van der Waals surface area contributed by atoms with Crippen LogP contribution >= 0.6 is 0 Å². The molecule has 2 heteroatoms. The molecule has 2 fully saturated rings.